The molecule has 1 heterocycles. The molecule has 2 aliphatic rings. The molecule has 0 radical (unpaired) electrons. The van der Waals surface area contributed by atoms with Gasteiger partial charge in [0, 0.05) is 0 Å². The van der Waals surface area contributed by atoms with E-state index in [1.54, 1.807) is 0 Å². The molecule has 1 atom stereocenters. The molecule has 0 aromatic rings. The molecule has 0 aromatic carbocycles. The van der Waals surface area contributed by atoms with Gasteiger partial charge in [0.15, 0.2) is 0 Å². The molecule has 1 fully saturated rings. The van der Waals surface area contributed by atoms with Gasteiger partial charge in [-0.25, -0.2) is 0 Å². The molecule has 1 unspecified atom stereocenters. The Morgan fingerprint density at radius 3 is 2.78 bits per heavy atom. The van der Waals surface area contributed by atoms with Gasteiger partial charge in [0.2, 0.25) is 0 Å². The fourth-order valence-corrected chi connectivity index (χ4v) is 1.20. The first kappa shape index (κ1) is 5.21. The molecular formula is C6H11N3. The Kier molecular flexibility index (Phi) is 0.845. The topological polar surface area (TPSA) is 36.8 Å². The fraction of sp³-hybridized carbons (Fsp3) is 1.00. The van der Waals surface area contributed by atoms with Crippen LogP contribution in [0.15, 0.2) is 10.3 Å². The summed E-state index contributed by atoms with van der Waals surface area (Å²) in [5.41, 5.74) is 3.55. The normalized spacial score (nSPS) is 36.3. The van der Waals surface area contributed by atoms with Crippen molar-refractivity contribution in [1.29, 1.82) is 0 Å². The van der Waals surface area contributed by atoms with E-state index in [0.717, 1.165) is 6.54 Å². The standard InChI is InChI=1S/C6H11N3/c1-6(2-3-6)5-4-7-9-8-5/h5H,2-4H2,1H3,(H,7,8). The van der Waals surface area contributed by atoms with E-state index in [9.17, 15) is 0 Å². The molecule has 0 aromatic heterocycles. The molecule has 1 saturated carbocycles. The maximum absolute atomic E-state index is 3.89. The first-order valence-electron chi connectivity index (χ1n) is 3.43. The number of nitrogens with zero attached hydrogens (tertiary/aromatic N) is 2. The van der Waals surface area contributed by atoms with Crippen molar-refractivity contribution in [2.24, 2.45) is 15.8 Å². The van der Waals surface area contributed by atoms with Crippen LogP contribution in [0.5, 0.6) is 0 Å². The summed E-state index contributed by atoms with van der Waals surface area (Å²) in [5, 5.41) is 7.63. The molecule has 2 rings (SSSR count). The zero-order valence-electron chi connectivity index (χ0n) is 5.59. The maximum Gasteiger partial charge on any atom is 0.0844 e. The maximum atomic E-state index is 3.89. The monoisotopic (exact) mass is 125 g/mol. The lowest BCUT2D eigenvalue weighted by molar-refractivity contribution is 0.404. The van der Waals surface area contributed by atoms with Gasteiger partial charge in [-0.05, 0) is 18.3 Å². The van der Waals surface area contributed by atoms with E-state index in [1.807, 2.05) is 0 Å². The molecule has 1 aliphatic carbocycles. The van der Waals surface area contributed by atoms with Crippen molar-refractivity contribution in [1.82, 2.24) is 5.43 Å². The van der Waals surface area contributed by atoms with Crippen LogP contribution in [0.2, 0.25) is 0 Å². The highest BCUT2D eigenvalue weighted by atomic mass is 15.5. The highest BCUT2D eigenvalue weighted by molar-refractivity contribution is 4.99. The summed E-state index contributed by atoms with van der Waals surface area (Å²) in [5.74, 6) is 0. The van der Waals surface area contributed by atoms with Gasteiger partial charge in [-0.3, -0.25) is 5.43 Å². The Hall–Kier alpha value is -0.600. The number of nitrogens with one attached hydrogen (secondary N) is 1. The molecule has 3 heteroatoms. The Balaban J connectivity index is 2.00. The Labute approximate surface area is 54.5 Å². The van der Waals surface area contributed by atoms with Gasteiger partial charge in [-0.2, -0.15) is 5.11 Å². The van der Waals surface area contributed by atoms with Crippen molar-refractivity contribution >= 4 is 0 Å². The molecule has 0 amide bonds. The number of hydrogen-bond acceptors (Lipinski definition) is 3. The van der Waals surface area contributed by atoms with Crippen LogP contribution in [0.3, 0.4) is 0 Å². The molecule has 1 N–H and O–H groups in total. The van der Waals surface area contributed by atoms with Crippen LogP contribution in [0.25, 0.3) is 0 Å². The van der Waals surface area contributed by atoms with Crippen LogP contribution in [0.1, 0.15) is 19.8 Å². The van der Waals surface area contributed by atoms with Crippen molar-refractivity contribution in [2.75, 3.05) is 6.54 Å². The third-order valence-corrected chi connectivity index (χ3v) is 2.43. The summed E-state index contributed by atoms with van der Waals surface area (Å²) in [6.07, 6.45) is 2.69. The molecular weight excluding hydrogens is 114 g/mol. The van der Waals surface area contributed by atoms with Crippen molar-refractivity contribution in [3.8, 4) is 0 Å². The first-order chi connectivity index (χ1) is 4.31. The van der Waals surface area contributed by atoms with Crippen molar-refractivity contribution in [3.63, 3.8) is 0 Å². The van der Waals surface area contributed by atoms with Gasteiger partial charge in [0.1, 0.15) is 0 Å². The summed E-state index contributed by atoms with van der Waals surface area (Å²) in [4.78, 5) is 0. The third kappa shape index (κ3) is 0.713. The van der Waals surface area contributed by atoms with Crippen molar-refractivity contribution < 1.29 is 0 Å². The second-order valence-electron chi connectivity index (χ2n) is 3.26. The van der Waals surface area contributed by atoms with E-state index >= 15 is 0 Å². The first-order valence-corrected chi connectivity index (χ1v) is 3.43. The average Bonchev–Trinajstić information content (AvgIpc) is 2.46. The smallest absolute Gasteiger partial charge is 0.0844 e. The highest BCUT2D eigenvalue weighted by Gasteiger charge is 2.45. The summed E-state index contributed by atoms with van der Waals surface area (Å²) < 4.78 is 0. The van der Waals surface area contributed by atoms with Gasteiger partial charge in [-0.1, -0.05) is 12.1 Å². The second kappa shape index (κ2) is 1.46. The number of rotatable bonds is 1. The lowest BCUT2D eigenvalue weighted by Gasteiger charge is -2.14. The number of hydrogen-bond donors (Lipinski definition) is 1. The van der Waals surface area contributed by atoms with E-state index in [0.29, 0.717) is 11.5 Å². The average molecular weight is 125 g/mol. The van der Waals surface area contributed by atoms with Crippen molar-refractivity contribution in [3.05, 3.63) is 0 Å². The molecule has 1 aliphatic heterocycles. The van der Waals surface area contributed by atoms with E-state index in [4.69, 9.17) is 0 Å². The minimum Gasteiger partial charge on any atom is -0.286 e. The van der Waals surface area contributed by atoms with Crippen LogP contribution in [0, 0.1) is 5.41 Å². The predicted molar refractivity (Wildman–Crippen MR) is 34.0 cm³/mol. The van der Waals surface area contributed by atoms with Gasteiger partial charge in [0.25, 0.3) is 0 Å². The van der Waals surface area contributed by atoms with Gasteiger partial charge >= 0.3 is 0 Å². The van der Waals surface area contributed by atoms with Crippen LogP contribution in [-0.2, 0) is 0 Å². The minimum absolute atomic E-state index is 0.531. The van der Waals surface area contributed by atoms with Crippen molar-refractivity contribution in [2.45, 2.75) is 25.8 Å². The Morgan fingerprint density at radius 1 is 1.56 bits per heavy atom. The highest BCUT2D eigenvalue weighted by Crippen LogP contribution is 2.48. The second-order valence-corrected chi connectivity index (χ2v) is 3.26. The molecule has 9 heavy (non-hydrogen) atoms. The van der Waals surface area contributed by atoms with Crippen LogP contribution in [0.4, 0.5) is 0 Å². The molecule has 0 spiro atoms. The summed E-state index contributed by atoms with van der Waals surface area (Å²) in [7, 11) is 0. The lowest BCUT2D eigenvalue weighted by atomic mass is 10.0. The summed E-state index contributed by atoms with van der Waals surface area (Å²) in [6, 6.07) is 0.539. The third-order valence-electron chi connectivity index (χ3n) is 2.43. The Morgan fingerprint density at radius 2 is 2.33 bits per heavy atom. The lowest BCUT2D eigenvalue weighted by Crippen LogP contribution is -2.31. The van der Waals surface area contributed by atoms with E-state index < -0.39 is 0 Å². The van der Waals surface area contributed by atoms with Crippen LogP contribution >= 0.6 is 0 Å². The van der Waals surface area contributed by atoms with E-state index in [-0.39, 0.29) is 0 Å². The zero-order valence-corrected chi connectivity index (χ0v) is 5.59. The van der Waals surface area contributed by atoms with Crippen LogP contribution in [-0.4, -0.2) is 12.6 Å². The minimum atomic E-state index is 0.531. The zero-order chi connectivity index (χ0) is 6.32. The SMILES string of the molecule is CC1(C2CN=NN2)CC1. The van der Waals surface area contributed by atoms with Gasteiger partial charge < -0.3 is 0 Å². The Bertz CT molecular complexity index is 140. The molecule has 3 nitrogen and oxygen atoms in total. The molecule has 50 valence electrons. The predicted octanol–water partition coefficient (Wildman–Crippen LogP) is 1.13. The largest absolute Gasteiger partial charge is 0.286 e. The van der Waals surface area contributed by atoms with E-state index in [1.165, 1.54) is 12.8 Å². The summed E-state index contributed by atoms with van der Waals surface area (Å²) >= 11 is 0. The van der Waals surface area contributed by atoms with E-state index in [2.05, 4.69) is 22.7 Å². The van der Waals surface area contributed by atoms with Gasteiger partial charge in [-0.15, -0.1) is 0 Å². The molecule has 0 bridgehead atoms. The quantitative estimate of drug-likeness (QED) is 0.560. The van der Waals surface area contributed by atoms with Crippen LogP contribution < -0.4 is 5.43 Å². The molecule has 0 saturated heterocycles. The fourth-order valence-electron chi connectivity index (χ4n) is 1.20. The summed E-state index contributed by atoms with van der Waals surface area (Å²) in [6.45, 7) is 3.18. The van der Waals surface area contributed by atoms with Gasteiger partial charge in [0.05, 0.1) is 12.6 Å².